The van der Waals surface area contributed by atoms with Crippen LogP contribution in [0.5, 0.6) is 0 Å². The lowest BCUT2D eigenvalue weighted by atomic mass is 9.74. The molecule has 0 saturated heterocycles. The predicted octanol–water partition coefficient (Wildman–Crippen LogP) is 4.85. The Bertz CT molecular complexity index is 128. The van der Waals surface area contributed by atoms with Crippen LogP contribution in [0.1, 0.15) is 40.5 Å². The van der Waals surface area contributed by atoms with Crippen LogP contribution < -0.4 is 0 Å². The monoisotopic (exact) mass is 312 g/mol. The highest BCUT2D eigenvalue weighted by Crippen LogP contribution is 2.38. The summed E-state index contributed by atoms with van der Waals surface area (Å²) in [7, 11) is 0. The van der Waals surface area contributed by atoms with E-state index in [0.29, 0.717) is 5.41 Å². The van der Waals surface area contributed by atoms with E-state index in [-0.39, 0.29) is 0 Å². The molecule has 0 nitrogen and oxygen atoms in total. The molecule has 2 heteroatoms. The summed E-state index contributed by atoms with van der Waals surface area (Å²) in [6.07, 6.45) is 2.60. The van der Waals surface area contributed by atoms with E-state index in [2.05, 4.69) is 59.6 Å². The fourth-order valence-corrected chi connectivity index (χ4v) is 4.21. The Hall–Kier alpha value is 0.960. The van der Waals surface area contributed by atoms with Gasteiger partial charge in [0.1, 0.15) is 0 Å². The van der Waals surface area contributed by atoms with E-state index in [0.717, 1.165) is 22.5 Å². The summed E-state index contributed by atoms with van der Waals surface area (Å²) in [5.74, 6) is 1.57. The zero-order valence-corrected chi connectivity index (χ0v) is 12.4. The van der Waals surface area contributed by atoms with Gasteiger partial charge in [0.25, 0.3) is 0 Å². The number of alkyl halides is 2. The first kappa shape index (κ1) is 14.0. The van der Waals surface area contributed by atoms with Gasteiger partial charge in [0.15, 0.2) is 0 Å². The van der Waals surface area contributed by atoms with Crippen molar-refractivity contribution < 1.29 is 0 Å². The first-order chi connectivity index (χ1) is 6.02. The Morgan fingerprint density at radius 2 is 1.54 bits per heavy atom. The molecular formula is C11H22Br2. The topological polar surface area (TPSA) is 0 Å². The third kappa shape index (κ3) is 3.91. The summed E-state index contributed by atoms with van der Waals surface area (Å²) in [5, 5.41) is 2.21. The highest BCUT2D eigenvalue weighted by atomic mass is 79.9. The van der Waals surface area contributed by atoms with E-state index in [1.165, 1.54) is 12.8 Å². The van der Waals surface area contributed by atoms with Gasteiger partial charge in [-0.15, -0.1) is 0 Å². The molecule has 0 aliphatic rings. The molecule has 0 fully saturated rings. The molecule has 0 aliphatic carbocycles. The Morgan fingerprint density at radius 3 is 1.77 bits per heavy atom. The molecule has 0 bridgehead atoms. The second kappa shape index (κ2) is 6.44. The normalized spacial score (nSPS) is 15.0. The molecule has 0 saturated carbocycles. The smallest absolute Gasteiger partial charge is 0.00985 e. The van der Waals surface area contributed by atoms with E-state index in [1.54, 1.807) is 0 Å². The van der Waals surface area contributed by atoms with Gasteiger partial charge in [-0.2, -0.15) is 0 Å². The van der Waals surface area contributed by atoms with Crippen LogP contribution in [0.15, 0.2) is 0 Å². The van der Waals surface area contributed by atoms with Gasteiger partial charge >= 0.3 is 0 Å². The Balaban J connectivity index is 4.38. The minimum absolute atomic E-state index is 0.440. The lowest BCUT2D eigenvalue weighted by Gasteiger charge is -2.36. The molecule has 1 unspecified atom stereocenters. The van der Waals surface area contributed by atoms with Gasteiger partial charge < -0.3 is 0 Å². The maximum Gasteiger partial charge on any atom is 0.00985 e. The Labute approximate surface area is 100 Å². The average Bonchev–Trinajstić information content (AvgIpc) is 2.13. The minimum atomic E-state index is 0.440. The third-order valence-corrected chi connectivity index (χ3v) is 5.44. The summed E-state index contributed by atoms with van der Waals surface area (Å²) < 4.78 is 0. The summed E-state index contributed by atoms with van der Waals surface area (Å²) in [6, 6.07) is 0. The predicted molar refractivity (Wildman–Crippen MR) is 68.9 cm³/mol. The molecule has 0 heterocycles. The summed E-state index contributed by atoms with van der Waals surface area (Å²) in [6.45, 7) is 9.27. The van der Waals surface area contributed by atoms with E-state index in [9.17, 15) is 0 Å². The van der Waals surface area contributed by atoms with E-state index < -0.39 is 0 Å². The first-order valence-corrected chi connectivity index (χ1v) is 7.38. The summed E-state index contributed by atoms with van der Waals surface area (Å²) in [5.41, 5.74) is 0.440. The lowest BCUT2D eigenvalue weighted by molar-refractivity contribution is 0.208. The maximum atomic E-state index is 3.66. The fraction of sp³-hybridized carbons (Fsp3) is 1.00. The van der Waals surface area contributed by atoms with Crippen molar-refractivity contribution in [2.75, 3.05) is 10.7 Å². The second-order valence-corrected chi connectivity index (χ2v) is 5.62. The van der Waals surface area contributed by atoms with Gasteiger partial charge in [0.2, 0.25) is 0 Å². The van der Waals surface area contributed by atoms with Crippen LogP contribution >= 0.6 is 31.9 Å². The van der Waals surface area contributed by atoms with Crippen LogP contribution in [0.4, 0.5) is 0 Å². The quantitative estimate of drug-likeness (QED) is 0.615. The Morgan fingerprint density at radius 1 is 1.08 bits per heavy atom. The molecule has 80 valence electrons. The van der Waals surface area contributed by atoms with Crippen molar-refractivity contribution in [3.63, 3.8) is 0 Å². The molecule has 0 amide bonds. The highest BCUT2D eigenvalue weighted by molar-refractivity contribution is 9.09. The van der Waals surface area contributed by atoms with Crippen LogP contribution in [0.25, 0.3) is 0 Å². The van der Waals surface area contributed by atoms with Crippen molar-refractivity contribution in [2.24, 2.45) is 17.3 Å². The van der Waals surface area contributed by atoms with Crippen molar-refractivity contribution in [2.45, 2.75) is 40.5 Å². The van der Waals surface area contributed by atoms with Crippen LogP contribution in [-0.4, -0.2) is 10.7 Å². The van der Waals surface area contributed by atoms with E-state index in [4.69, 9.17) is 0 Å². The molecule has 0 N–H and O–H groups in total. The van der Waals surface area contributed by atoms with Crippen LogP contribution in [0.3, 0.4) is 0 Å². The van der Waals surface area contributed by atoms with Crippen LogP contribution in [-0.2, 0) is 0 Å². The van der Waals surface area contributed by atoms with Crippen LogP contribution in [0, 0.1) is 17.3 Å². The van der Waals surface area contributed by atoms with E-state index >= 15 is 0 Å². The van der Waals surface area contributed by atoms with Gasteiger partial charge in [-0.25, -0.2) is 0 Å². The molecule has 1 atom stereocenters. The number of halogens is 2. The standard InChI is InChI=1S/C11H22Br2/c1-5-10(4)6-11(7-12,8-13)9(2)3/h9-10H,5-8H2,1-4H3. The molecule has 13 heavy (non-hydrogen) atoms. The zero-order chi connectivity index (χ0) is 10.5. The number of rotatable bonds is 6. The maximum absolute atomic E-state index is 3.66. The molecule has 0 aromatic carbocycles. The zero-order valence-electron chi connectivity index (χ0n) is 9.24. The Kier molecular flexibility index (Phi) is 6.92. The second-order valence-electron chi connectivity index (χ2n) is 4.50. The highest BCUT2D eigenvalue weighted by Gasteiger charge is 2.32. The molecule has 0 aromatic heterocycles. The average molecular weight is 314 g/mol. The molecular weight excluding hydrogens is 292 g/mol. The molecule has 0 aromatic rings. The van der Waals surface area contributed by atoms with Gasteiger partial charge in [-0.3, -0.25) is 0 Å². The summed E-state index contributed by atoms with van der Waals surface area (Å²) >= 11 is 7.32. The summed E-state index contributed by atoms with van der Waals surface area (Å²) in [4.78, 5) is 0. The molecule has 0 radical (unpaired) electrons. The largest absolute Gasteiger partial charge is 0.0922 e. The van der Waals surface area contributed by atoms with Crippen molar-refractivity contribution in [1.29, 1.82) is 0 Å². The molecule has 0 spiro atoms. The van der Waals surface area contributed by atoms with Gasteiger partial charge in [-0.1, -0.05) is 66.0 Å². The van der Waals surface area contributed by atoms with Gasteiger partial charge in [0, 0.05) is 10.7 Å². The lowest BCUT2D eigenvalue weighted by Crippen LogP contribution is -2.33. The van der Waals surface area contributed by atoms with Gasteiger partial charge in [-0.05, 0) is 23.7 Å². The first-order valence-electron chi connectivity index (χ1n) is 5.14. The minimum Gasteiger partial charge on any atom is -0.0922 e. The van der Waals surface area contributed by atoms with E-state index in [1.807, 2.05) is 0 Å². The van der Waals surface area contributed by atoms with Crippen molar-refractivity contribution >= 4 is 31.9 Å². The fourth-order valence-electron chi connectivity index (χ4n) is 1.53. The number of hydrogen-bond acceptors (Lipinski definition) is 0. The van der Waals surface area contributed by atoms with Gasteiger partial charge in [0.05, 0.1) is 0 Å². The van der Waals surface area contributed by atoms with Crippen LogP contribution in [0.2, 0.25) is 0 Å². The molecule has 0 aliphatic heterocycles. The third-order valence-electron chi connectivity index (χ3n) is 3.21. The van der Waals surface area contributed by atoms with Crippen molar-refractivity contribution in [1.82, 2.24) is 0 Å². The number of hydrogen-bond donors (Lipinski definition) is 0. The van der Waals surface area contributed by atoms with Crippen molar-refractivity contribution in [3.05, 3.63) is 0 Å². The SMILES string of the molecule is CCC(C)CC(CBr)(CBr)C(C)C. The van der Waals surface area contributed by atoms with Crippen molar-refractivity contribution in [3.8, 4) is 0 Å². The molecule has 0 rings (SSSR count).